The summed E-state index contributed by atoms with van der Waals surface area (Å²) in [4.78, 5) is 14.0. The molecule has 1 fully saturated rings. The first-order valence-electron chi connectivity index (χ1n) is 8.65. The van der Waals surface area contributed by atoms with Gasteiger partial charge in [-0.2, -0.15) is 0 Å². The van der Waals surface area contributed by atoms with E-state index in [0.717, 1.165) is 19.3 Å². The van der Waals surface area contributed by atoms with Gasteiger partial charge in [0.25, 0.3) is 0 Å². The lowest BCUT2D eigenvalue weighted by molar-refractivity contribution is 0.0245. The molecule has 1 amide bonds. The third-order valence-electron chi connectivity index (χ3n) is 4.17. The molecule has 0 unspecified atom stereocenters. The minimum absolute atomic E-state index is 0.245. The molecule has 0 bridgehead atoms. The van der Waals surface area contributed by atoms with E-state index >= 15 is 0 Å². The van der Waals surface area contributed by atoms with E-state index in [9.17, 15) is 9.90 Å². The van der Waals surface area contributed by atoms with Gasteiger partial charge in [-0.15, -0.1) is 0 Å². The summed E-state index contributed by atoms with van der Waals surface area (Å²) >= 11 is 0. The molecule has 0 radical (unpaired) electrons. The number of likely N-dealkylation sites (tertiary alicyclic amines) is 1. The lowest BCUT2D eigenvalue weighted by atomic mass is 10.0. The normalized spacial score (nSPS) is 21.9. The SMILES string of the molecule is CC(C)(C)OC(=O)N1CCC[C@@H](NC[C@](C)(O)c2ccco2)CC1. The number of nitrogens with zero attached hydrogens (tertiary/aromatic N) is 1. The van der Waals surface area contributed by atoms with Gasteiger partial charge in [0.15, 0.2) is 0 Å². The summed E-state index contributed by atoms with van der Waals surface area (Å²) in [6.07, 6.45) is 4.04. The van der Waals surface area contributed by atoms with Gasteiger partial charge in [-0.3, -0.25) is 0 Å². The van der Waals surface area contributed by atoms with E-state index in [-0.39, 0.29) is 12.1 Å². The van der Waals surface area contributed by atoms with Crippen molar-refractivity contribution >= 4 is 6.09 Å². The molecule has 0 spiro atoms. The second-order valence-corrected chi connectivity index (χ2v) is 7.73. The third-order valence-corrected chi connectivity index (χ3v) is 4.17. The fourth-order valence-electron chi connectivity index (χ4n) is 2.82. The predicted octanol–water partition coefficient (Wildman–Crippen LogP) is 2.87. The topological polar surface area (TPSA) is 74.9 Å². The van der Waals surface area contributed by atoms with E-state index in [0.29, 0.717) is 25.4 Å². The molecular formula is C18H30N2O4. The van der Waals surface area contributed by atoms with Crippen LogP contribution >= 0.6 is 0 Å². The number of carbonyl (C=O) groups excluding carboxylic acids is 1. The van der Waals surface area contributed by atoms with Crippen LogP contribution in [-0.2, 0) is 10.3 Å². The molecule has 136 valence electrons. The monoisotopic (exact) mass is 338 g/mol. The lowest BCUT2D eigenvalue weighted by Gasteiger charge is -2.27. The van der Waals surface area contributed by atoms with E-state index in [4.69, 9.17) is 9.15 Å². The van der Waals surface area contributed by atoms with Crippen LogP contribution in [0.5, 0.6) is 0 Å². The maximum Gasteiger partial charge on any atom is 0.410 e. The minimum Gasteiger partial charge on any atom is -0.466 e. The molecule has 2 heterocycles. The lowest BCUT2D eigenvalue weighted by Crippen LogP contribution is -2.41. The zero-order valence-electron chi connectivity index (χ0n) is 15.2. The zero-order chi connectivity index (χ0) is 17.8. The molecule has 2 rings (SSSR count). The van der Waals surface area contributed by atoms with Crippen molar-refractivity contribution in [3.05, 3.63) is 24.2 Å². The minimum atomic E-state index is -1.04. The first kappa shape index (κ1) is 18.8. The van der Waals surface area contributed by atoms with Crippen LogP contribution in [0.2, 0.25) is 0 Å². The highest BCUT2D eigenvalue weighted by Crippen LogP contribution is 2.21. The molecular weight excluding hydrogens is 308 g/mol. The number of amides is 1. The standard InChI is InChI=1S/C18H30N2O4/c1-17(2,3)24-16(21)20-10-5-7-14(9-11-20)19-13-18(4,22)15-8-6-12-23-15/h6,8,12,14,19,22H,5,7,9-11,13H2,1-4H3/t14-,18+/m1/s1. The number of ether oxygens (including phenoxy) is 1. The molecule has 2 N–H and O–H groups in total. The van der Waals surface area contributed by atoms with Crippen LogP contribution in [0.4, 0.5) is 4.79 Å². The van der Waals surface area contributed by atoms with Crippen molar-refractivity contribution in [3.63, 3.8) is 0 Å². The number of aliphatic hydroxyl groups is 1. The summed E-state index contributed by atoms with van der Waals surface area (Å²) in [6, 6.07) is 3.81. The third kappa shape index (κ3) is 5.53. The van der Waals surface area contributed by atoms with Crippen LogP contribution in [0.3, 0.4) is 0 Å². The highest BCUT2D eigenvalue weighted by molar-refractivity contribution is 5.68. The van der Waals surface area contributed by atoms with Gasteiger partial charge >= 0.3 is 6.09 Å². The van der Waals surface area contributed by atoms with E-state index < -0.39 is 11.2 Å². The Hall–Kier alpha value is -1.53. The summed E-state index contributed by atoms with van der Waals surface area (Å²) < 4.78 is 10.7. The number of hydrogen-bond acceptors (Lipinski definition) is 5. The maximum atomic E-state index is 12.2. The zero-order valence-corrected chi connectivity index (χ0v) is 15.2. The highest BCUT2D eigenvalue weighted by Gasteiger charge is 2.29. The van der Waals surface area contributed by atoms with Crippen LogP contribution in [0.25, 0.3) is 0 Å². The van der Waals surface area contributed by atoms with Crippen LogP contribution in [-0.4, -0.2) is 47.4 Å². The first-order valence-corrected chi connectivity index (χ1v) is 8.65. The molecule has 1 aliphatic rings. The van der Waals surface area contributed by atoms with Gasteiger partial charge in [-0.1, -0.05) is 0 Å². The molecule has 0 saturated carbocycles. The van der Waals surface area contributed by atoms with E-state index in [1.165, 1.54) is 0 Å². The summed E-state index contributed by atoms with van der Waals surface area (Å²) in [7, 11) is 0. The van der Waals surface area contributed by atoms with Gasteiger partial charge in [0, 0.05) is 25.7 Å². The highest BCUT2D eigenvalue weighted by atomic mass is 16.6. The summed E-state index contributed by atoms with van der Waals surface area (Å²) in [5.41, 5.74) is -1.51. The van der Waals surface area contributed by atoms with Crippen molar-refractivity contribution < 1.29 is 19.1 Å². The van der Waals surface area contributed by atoms with Crippen LogP contribution in [0.1, 0.15) is 52.7 Å². The van der Waals surface area contributed by atoms with Gasteiger partial charge in [0.2, 0.25) is 0 Å². The molecule has 24 heavy (non-hydrogen) atoms. The van der Waals surface area contributed by atoms with Crippen LogP contribution in [0.15, 0.2) is 22.8 Å². The van der Waals surface area contributed by atoms with Crippen molar-refractivity contribution in [2.75, 3.05) is 19.6 Å². The smallest absolute Gasteiger partial charge is 0.410 e. The average molecular weight is 338 g/mol. The predicted molar refractivity (Wildman–Crippen MR) is 91.7 cm³/mol. The Bertz CT molecular complexity index is 520. The molecule has 0 aliphatic carbocycles. The Morgan fingerprint density at radius 2 is 2.12 bits per heavy atom. The molecule has 1 aliphatic heterocycles. The van der Waals surface area contributed by atoms with Crippen LogP contribution in [0, 0.1) is 0 Å². The maximum absolute atomic E-state index is 12.2. The Balaban J connectivity index is 1.82. The van der Waals surface area contributed by atoms with Crippen molar-refractivity contribution in [1.82, 2.24) is 10.2 Å². The molecule has 2 atom stereocenters. The van der Waals surface area contributed by atoms with E-state index in [1.54, 1.807) is 30.2 Å². The van der Waals surface area contributed by atoms with Crippen LogP contribution < -0.4 is 5.32 Å². The van der Waals surface area contributed by atoms with Gasteiger partial charge in [-0.25, -0.2) is 4.79 Å². The molecule has 6 nitrogen and oxygen atoms in total. The van der Waals surface area contributed by atoms with Gasteiger partial charge in [0.05, 0.1) is 6.26 Å². The number of nitrogens with one attached hydrogen (secondary N) is 1. The summed E-state index contributed by atoms with van der Waals surface area (Å²) in [5.74, 6) is 0.555. The van der Waals surface area contributed by atoms with Crippen molar-refractivity contribution in [3.8, 4) is 0 Å². The van der Waals surface area contributed by atoms with E-state index in [1.807, 2.05) is 20.8 Å². The van der Waals surface area contributed by atoms with Gasteiger partial charge in [-0.05, 0) is 59.1 Å². The second-order valence-electron chi connectivity index (χ2n) is 7.73. The fourth-order valence-corrected chi connectivity index (χ4v) is 2.82. The molecule has 1 saturated heterocycles. The number of carbonyl (C=O) groups is 1. The molecule has 1 aromatic rings. The first-order chi connectivity index (χ1) is 11.2. The summed E-state index contributed by atoms with van der Waals surface area (Å²) in [5, 5.41) is 13.9. The fraction of sp³-hybridized carbons (Fsp3) is 0.722. The van der Waals surface area contributed by atoms with Gasteiger partial charge < -0.3 is 24.5 Å². The molecule has 0 aromatic carbocycles. The van der Waals surface area contributed by atoms with E-state index in [2.05, 4.69) is 5.32 Å². The Labute approximate surface area is 144 Å². The average Bonchev–Trinajstić information content (AvgIpc) is 2.90. The van der Waals surface area contributed by atoms with Crippen molar-refractivity contribution in [2.24, 2.45) is 0 Å². The summed E-state index contributed by atoms with van der Waals surface area (Å²) in [6.45, 7) is 9.16. The molecule has 1 aromatic heterocycles. The Morgan fingerprint density at radius 3 is 2.75 bits per heavy atom. The second kappa shape index (κ2) is 7.57. The quantitative estimate of drug-likeness (QED) is 0.883. The Kier molecular flexibility index (Phi) is 5.93. The largest absolute Gasteiger partial charge is 0.466 e. The van der Waals surface area contributed by atoms with Crippen molar-refractivity contribution in [1.29, 1.82) is 0 Å². The van der Waals surface area contributed by atoms with Gasteiger partial charge in [0.1, 0.15) is 17.0 Å². The molecule has 6 heteroatoms. The Morgan fingerprint density at radius 1 is 1.38 bits per heavy atom. The number of furan rings is 1. The van der Waals surface area contributed by atoms with Crippen molar-refractivity contribution in [2.45, 2.75) is 64.2 Å². The number of rotatable bonds is 4. The number of hydrogen-bond donors (Lipinski definition) is 2.